The molecule has 0 amide bonds. The molecule has 0 unspecified atom stereocenters. The average molecular weight is 275 g/mol. The third kappa shape index (κ3) is 3.31. The van der Waals surface area contributed by atoms with Crippen LogP contribution in [0.1, 0.15) is 16.8 Å². The van der Waals surface area contributed by atoms with Gasteiger partial charge in [0.15, 0.2) is 0 Å². The summed E-state index contributed by atoms with van der Waals surface area (Å²) in [6.45, 7) is 0.258. The molecule has 0 atom stereocenters. The van der Waals surface area contributed by atoms with Crippen molar-refractivity contribution in [2.75, 3.05) is 18.5 Å². The van der Waals surface area contributed by atoms with E-state index in [9.17, 15) is 14.9 Å². The molecule has 0 bridgehead atoms. The number of nitrogens with one attached hydrogen (secondary N) is 1. The molecule has 0 aromatic heterocycles. The van der Waals surface area contributed by atoms with Crippen molar-refractivity contribution in [3.05, 3.63) is 32.8 Å². The summed E-state index contributed by atoms with van der Waals surface area (Å²) in [4.78, 5) is 20.9. The van der Waals surface area contributed by atoms with Gasteiger partial charge in [-0.25, -0.2) is 4.79 Å². The number of carboxylic acid groups (broad SMARTS) is 1. The van der Waals surface area contributed by atoms with Crippen LogP contribution in [0.5, 0.6) is 0 Å². The highest BCUT2D eigenvalue weighted by Crippen LogP contribution is 2.31. The number of nitro benzene ring substituents is 1. The van der Waals surface area contributed by atoms with E-state index >= 15 is 0 Å². The first kappa shape index (κ1) is 14.2. The van der Waals surface area contributed by atoms with Gasteiger partial charge in [0, 0.05) is 25.3 Å². The molecule has 0 radical (unpaired) electrons. The van der Waals surface area contributed by atoms with Gasteiger partial charge < -0.3 is 15.5 Å². The van der Waals surface area contributed by atoms with Gasteiger partial charge in [-0.3, -0.25) is 10.1 Å². The second kappa shape index (κ2) is 6.18. The lowest BCUT2D eigenvalue weighted by atomic mass is 10.1. The molecule has 0 saturated carbocycles. The summed E-state index contributed by atoms with van der Waals surface area (Å²) in [6.07, 6.45) is 0.409. The number of halogens is 1. The van der Waals surface area contributed by atoms with Crippen molar-refractivity contribution in [2.24, 2.45) is 0 Å². The van der Waals surface area contributed by atoms with Gasteiger partial charge in [0.2, 0.25) is 0 Å². The fraction of sp³-hybridized carbons (Fsp3) is 0.300. The molecular weight excluding hydrogens is 264 g/mol. The summed E-state index contributed by atoms with van der Waals surface area (Å²) in [5, 5.41) is 30.9. The fourth-order valence-corrected chi connectivity index (χ4v) is 1.62. The largest absolute Gasteiger partial charge is 0.478 e. The molecule has 18 heavy (non-hydrogen) atoms. The van der Waals surface area contributed by atoms with Gasteiger partial charge in [0.05, 0.1) is 21.2 Å². The number of aromatic carboxylic acids is 1. The van der Waals surface area contributed by atoms with Crippen LogP contribution in [0.25, 0.3) is 0 Å². The molecule has 0 aliphatic heterocycles. The Balaban J connectivity index is 3.15. The molecule has 0 aliphatic rings. The van der Waals surface area contributed by atoms with Crippen molar-refractivity contribution in [3.8, 4) is 0 Å². The number of carbonyl (C=O) groups is 1. The predicted molar refractivity (Wildman–Crippen MR) is 65.3 cm³/mol. The van der Waals surface area contributed by atoms with E-state index in [1.165, 1.54) is 0 Å². The maximum Gasteiger partial charge on any atom is 0.338 e. The molecule has 1 aromatic rings. The number of rotatable bonds is 6. The minimum atomic E-state index is -1.31. The molecule has 98 valence electrons. The van der Waals surface area contributed by atoms with Crippen molar-refractivity contribution in [1.82, 2.24) is 0 Å². The summed E-state index contributed by atoms with van der Waals surface area (Å²) < 4.78 is 0. The minimum absolute atomic E-state index is 0.0421. The maximum atomic E-state index is 11.0. The molecule has 0 fully saturated rings. The highest BCUT2D eigenvalue weighted by molar-refractivity contribution is 6.34. The van der Waals surface area contributed by atoms with Gasteiger partial charge in [0.1, 0.15) is 0 Å². The third-order valence-electron chi connectivity index (χ3n) is 2.15. The first-order chi connectivity index (χ1) is 8.47. The van der Waals surface area contributed by atoms with E-state index in [-0.39, 0.29) is 28.6 Å². The number of hydrogen-bond acceptors (Lipinski definition) is 5. The van der Waals surface area contributed by atoms with Crippen molar-refractivity contribution < 1.29 is 19.9 Å². The number of anilines is 1. The fourth-order valence-electron chi connectivity index (χ4n) is 1.34. The Morgan fingerprint density at radius 3 is 2.67 bits per heavy atom. The van der Waals surface area contributed by atoms with Crippen molar-refractivity contribution >= 4 is 28.9 Å². The highest BCUT2D eigenvalue weighted by Gasteiger charge is 2.19. The van der Waals surface area contributed by atoms with Crippen molar-refractivity contribution in [3.63, 3.8) is 0 Å². The normalized spacial score (nSPS) is 10.1. The Morgan fingerprint density at radius 2 is 2.17 bits per heavy atom. The number of nitrogens with zero attached hydrogens (tertiary/aromatic N) is 1. The Kier molecular flexibility index (Phi) is 4.87. The SMILES string of the molecule is O=C(O)c1cc([N+](=O)[O-])cc(Cl)c1NCCCO. The number of benzene rings is 1. The molecule has 7 nitrogen and oxygen atoms in total. The van der Waals surface area contributed by atoms with E-state index in [0.717, 1.165) is 12.1 Å². The molecule has 1 rings (SSSR count). The number of nitro groups is 1. The summed E-state index contributed by atoms with van der Waals surface area (Å²) in [6, 6.07) is 2.02. The minimum Gasteiger partial charge on any atom is -0.478 e. The van der Waals surface area contributed by atoms with Crippen LogP contribution in [0.2, 0.25) is 5.02 Å². The summed E-state index contributed by atoms with van der Waals surface area (Å²) in [7, 11) is 0. The average Bonchev–Trinajstić information content (AvgIpc) is 2.30. The highest BCUT2D eigenvalue weighted by atomic mass is 35.5. The lowest BCUT2D eigenvalue weighted by Crippen LogP contribution is -2.10. The van der Waals surface area contributed by atoms with E-state index in [0.29, 0.717) is 13.0 Å². The third-order valence-corrected chi connectivity index (χ3v) is 2.45. The quantitative estimate of drug-likeness (QED) is 0.414. The predicted octanol–water partition coefficient (Wildman–Crippen LogP) is 1.74. The zero-order valence-electron chi connectivity index (χ0n) is 9.22. The van der Waals surface area contributed by atoms with Crippen LogP contribution in [-0.2, 0) is 0 Å². The molecule has 0 saturated heterocycles. The molecular formula is C10H11ClN2O5. The van der Waals surface area contributed by atoms with E-state index in [4.69, 9.17) is 21.8 Å². The number of carboxylic acids is 1. The summed E-state index contributed by atoms with van der Waals surface area (Å²) in [5.74, 6) is -1.31. The molecule has 0 aliphatic carbocycles. The van der Waals surface area contributed by atoms with Crippen LogP contribution < -0.4 is 5.32 Å². The van der Waals surface area contributed by atoms with Crippen LogP contribution in [0.4, 0.5) is 11.4 Å². The number of hydrogen-bond donors (Lipinski definition) is 3. The Morgan fingerprint density at radius 1 is 1.50 bits per heavy atom. The number of aliphatic hydroxyl groups excluding tert-OH is 1. The molecule has 1 aromatic carbocycles. The van der Waals surface area contributed by atoms with Crippen LogP contribution in [-0.4, -0.2) is 34.3 Å². The van der Waals surface area contributed by atoms with Gasteiger partial charge >= 0.3 is 5.97 Å². The maximum absolute atomic E-state index is 11.0. The zero-order valence-corrected chi connectivity index (χ0v) is 9.98. The van der Waals surface area contributed by atoms with E-state index in [2.05, 4.69) is 5.32 Å². The van der Waals surface area contributed by atoms with Crippen LogP contribution in [0, 0.1) is 10.1 Å². The monoisotopic (exact) mass is 274 g/mol. The van der Waals surface area contributed by atoms with Gasteiger partial charge in [-0.05, 0) is 6.42 Å². The van der Waals surface area contributed by atoms with Crippen LogP contribution >= 0.6 is 11.6 Å². The number of aliphatic hydroxyl groups is 1. The summed E-state index contributed by atoms with van der Waals surface area (Å²) >= 11 is 5.81. The summed E-state index contributed by atoms with van der Waals surface area (Å²) in [5.41, 5.74) is -0.541. The van der Waals surface area contributed by atoms with Crippen molar-refractivity contribution in [1.29, 1.82) is 0 Å². The second-order valence-electron chi connectivity index (χ2n) is 3.42. The first-order valence-electron chi connectivity index (χ1n) is 5.03. The molecule has 0 spiro atoms. The van der Waals surface area contributed by atoms with Gasteiger partial charge in [-0.15, -0.1) is 0 Å². The van der Waals surface area contributed by atoms with Crippen LogP contribution in [0.3, 0.4) is 0 Å². The first-order valence-corrected chi connectivity index (χ1v) is 5.41. The topological polar surface area (TPSA) is 113 Å². The van der Waals surface area contributed by atoms with Gasteiger partial charge in [0.25, 0.3) is 5.69 Å². The van der Waals surface area contributed by atoms with E-state index < -0.39 is 10.9 Å². The lowest BCUT2D eigenvalue weighted by molar-refractivity contribution is -0.384. The Bertz CT molecular complexity index is 478. The standard InChI is InChI=1S/C10H11ClN2O5/c11-8-5-6(13(17)18)4-7(10(15)16)9(8)12-2-1-3-14/h4-5,12,14H,1-3H2,(H,15,16). The van der Waals surface area contributed by atoms with Crippen LogP contribution in [0.15, 0.2) is 12.1 Å². The van der Waals surface area contributed by atoms with Gasteiger partial charge in [-0.1, -0.05) is 11.6 Å². The Labute approximate surface area is 107 Å². The lowest BCUT2D eigenvalue weighted by Gasteiger charge is -2.10. The molecule has 8 heteroatoms. The van der Waals surface area contributed by atoms with Crippen molar-refractivity contribution in [2.45, 2.75) is 6.42 Å². The van der Waals surface area contributed by atoms with E-state index in [1.54, 1.807) is 0 Å². The smallest absolute Gasteiger partial charge is 0.338 e. The molecule has 0 heterocycles. The second-order valence-corrected chi connectivity index (χ2v) is 3.82. The van der Waals surface area contributed by atoms with E-state index in [1.807, 2.05) is 0 Å². The zero-order chi connectivity index (χ0) is 13.7. The Hall–Kier alpha value is -1.86. The van der Waals surface area contributed by atoms with Gasteiger partial charge in [-0.2, -0.15) is 0 Å². The number of non-ortho nitro benzene ring substituents is 1. The molecule has 3 N–H and O–H groups in total.